The van der Waals surface area contributed by atoms with Crippen LogP contribution in [0.4, 0.5) is 4.79 Å². The van der Waals surface area contributed by atoms with Gasteiger partial charge in [0, 0.05) is 12.1 Å². The van der Waals surface area contributed by atoms with E-state index in [-0.39, 0.29) is 25.0 Å². The number of carbonyl (C=O) groups excluding carboxylic acids is 3. The molecule has 3 amide bonds. The predicted octanol–water partition coefficient (Wildman–Crippen LogP) is 3.63. The van der Waals surface area contributed by atoms with Crippen LogP contribution in [0.15, 0.2) is 18.2 Å². The molecule has 1 aromatic carbocycles. The van der Waals surface area contributed by atoms with Crippen LogP contribution in [0.5, 0.6) is 0 Å². The third-order valence-electron chi connectivity index (χ3n) is 5.13. The summed E-state index contributed by atoms with van der Waals surface area (Å²) in [5.41, 5.74) is 1.41. The minimum absolute atomic E-state index is 0.0762. The zero-order valence-electron chi connectivity index (χ0n) is 22.4. The van der Waals surface area contributed by atoms with Crippen molar-refractivity contribution < 1.29 is 24.2 Å². The molecule has 1 rings (SSSR count). The molecule has 0 heterocycles. The molecular weight excluding hydrogens is 434 g/mol. The van der Waals surface area contributed by atoms with Crippen molar-refractivity contribution >= 4 is 17.9 Å². The van der Waals surface area contributed by atoms with Crippen LogP contribution in [0, 0.1) is 19.8 Å². The van der Waals surface area contributed by atoms with E-state index in [1.165, 1.54) is 4.90 Å². The average Bonchev–Trinajstić information content (AvgIpc) is 2.65. The Morgan fingerprint density at radius 1 is 1.03 bits per heavy atom. The topological polar surface area (TPSA) is 108 Å². The Morgan fingerprint density at radius 3 is 2.06 bits per heavy atom. The fourth-order valence-corrected chi connectivity index (χ4v) is 3.45. The quantitative estimate of drug-likeness (QED) is 0.530. The molecule has 0 radical (unpaired) electrons. The summed E-state index contributed by atoms with van der Waals surface area (Å²) in [4.78, 5) is 41.1. The van der Waals surface area contributed by atoms with Gasteiger partial charge in [0.1, 0.15) is 17.7 Å². The SMILES string of the molecule is Cc1ccc(C(C(=O)NC(C)(C)C)N(CCO)C(=O)C(NC(=O)OC(C)(C)C)C(C)C)cc1C. The van der Waals surface area contributed by atoms with Crippen molar-refractivity contribution in [1.82, 2.24) is 15.5 Å². The van der Waals surface area contributed by atoms with E-state index in [1.807, 2.05) is 52.8 Å². The lowest BCUT2D eigenvalue weighted by molar-refractivity contribution is -0.144. The molecule has 8 heteroatoms. The van der Waals surface area contributed by atoms with Crippen molar-refractivity contribution in [3.05, 3.63) is 34.9 Å². The number of alkyl carbamates (subject to hydrolysis) is 1. The third kappa shape index (κ3) is 8.97. The smallest absolute Gasteiger partial charge is 0.408 e. The van der Waals surface area contributed by atoms with Crippen molar-refractivity contribution in [1.29, 1.82) is 0 Å². The first kappa shape index (κ1) is 29.4. The Morgan fingerprint density at radius 2 is 1.62 bits per heavy atom. The highest BCUT2D eigenvalue weighted by Crippen LogP contribution is 2.26. The summed E-state index contributed by atoms with van der Waals surface area (Å²) in [6, 6.07) is 3.67. The monoisotopic (exact) mass is 477 g/mol. The van der Waals surface area contributed by atoms with E-state index in [9.17, 15) is 19.5 Å². The van der Waals surface area contributed by atoms with Gasteiger partial charge in [-0.1, -0.05) is 32.0 Å². The van der Waals surface area contributed by atoms with Crippen molar-refractivity contribution in [3.8, 4) is 0 Å². The number of aliphatic hydroxyl groups is 1. The van der Waals surface area contributed by atoms with Crippen LogP contribution in [-0.2, 0) is 14.3 Å². The molecule has 0 bridgehead atoms. The maximum absolute atomic E-state index is 13.8. The first-order chi connectivity index (χ1) is 15.5. The number of ether oxygens (including phenoxy) is 1. The number of carbonyl (C=O) groups is 3. The van der Waals surface area contributed by atoms with Gasteiger partial charge in [0.25, 0.3) is 0 Å². The number of aliphatic hydroxyl groups excluding tert-OH is 1. The summed E-state index contributed by atoms with van der Waals surface area (Å²) in [6.07, 6.45) is -0.717. The van der Waals surface area contributed by atoms with Gasteiger partial charge in [-0.3, -0.25) is 9.59 Å². The van der Waals surface area contributed by atoms with Crippen molar-refractivity contribution in [3.63, 3.8) is 0 Å². The Balaban J connectivity index is 3.49. The molecule has 0 fully saturated rings. The molecule has 2 unspecified atom stereocenters. The van der Waals surface area contributed by atoms with E-state index < -0.39 is 35.2 Å². The molecule has 2 atom stereocenters. The lowest BCUT2D eigenvalue weighted by Crippen LogP contribution is -2.56. The lowest BCUT2D eigenvalue weighted by Gasteiger charge is -2.36. The van der Waals surface area contributed by atoms with Crippen LogP contribution in [-0.4, -0.2) is 58.2 Å². The summed E-state index contributed by atoms with van der Waals surface area (Å²) < 4.78 is 5.35. The van der Waals surface area contributed by atoms with E-state index in [0.717, 1.165) is 11.1 Å². The van der Waals surface area contributed by atoms with Crippen molar-refractivity contribution in [2.45, 2.75) is 92.5 Å². The fourth-order valence-electron chi connectivity index (χ4n) is 3.45. The molecule has 0 spiro atoms. The molecule has 0 aromatic heterocycles. The van der Waals surface area contributed by atoms with Gasteiger partial charge >= 0.3 is 6.09 Å². The maximum Gasteiger partial charge on any atom is 0.408 e. The number of benzene rings is 1. The minimum Gasteiger partial charge on any atom is -0.444 e. The Kier molecular flexibility index (Phi) is 10.1. The molecule has 0 saturated heterocycles. The van der Waals surface area contributed by atoms with Gasteiger partial charge in [0.05, 0.1) is 6.61 Å². The largest absolute Gasteiger partial charge is 0.444 e. The first-order valence-corrected chi connectivity index (χ1v) is 11.8. The second-order valence-corrected chi connectivity index (χ2v) is 11.1. The summed E-state index contributed by atoms with van der Waals surface area (Å²) >= 11 is 0. The van der Waals surface area contributed by atoms with E-state index in [1.54, 1.807) is 34.6 Å². The summed E-state index contributed by atoms with van der Waals surface area (Å²) in [5, 5.41) is 15.4. The van der Waals surface area contributed by atoms with E-state index in [4.69, 9.17) is 4.74 Å². The molecule has 34 heavy (non-hydrogen) atoms. The molecule has 0 aliphatic rings. The number of nitrogens with one attached hydrogen (secondary N) is 2. The predicted molar refractivity (Wildman–Crippen MR) is 133 cm³/mol. The van der Waals surface area contributed by atoms with E-state index in [2.05, 4.69) is 10.6 Å². The number of amides is 3. The van der Waals surface area contributed by atoms with Gasteiger partial charge in [0.15, 0.2) is 0 Å². The molecule has 8 nitrogen and oxygen atoms in total. The molecule has 3 N–H and O–H groups in total. The van der Waals surface area contributed by atoms with Gasteiger partial charge in [-0.25, -0.2) is 4.79 Å². The number of rotatable bonds is 8. The molecule has 0 aliphatic heterocycles. The van der Waals surface area contributed by atoms with E-state index >= 15 is 0 Å². The van der Waals surface area contributed by atoms with Crippen molar-refractivity contribution in [2.75, 3.05) is 13.2 Å². The second-order valence-electron chi connectivity index (χ2n) is 11.1. The average molecular weight is 478 g/mol. The van der Waals surface area contributed by atoms with Crippen LogP contribution in [0.3, 0.4) is 0 Å². The highest BCUT2D eigenvalue weighted by Gasteiger charge is 2.38. The van der Waals surface area contributed by atoms with Crippen LogP contribution in [0.1, 0.15) is 78.1 Å². The number of aryl methyl sites for hydroxylation is 2. The summed E-state index contributed by atoms with van der Waals surface area (Å²) in [7, 11) is 0. The van der Waals surface area contributed by atoms with E-state index in [0.29, 0.717) is 5.56 Å². The summed E-state index contributed by atoms with van der Waals surface area (Å²) in [5.74, 6) is -1.12. The van der Waals surface area contributed by atoms with Gasteiger partial charge in [0.2, 0.25) is 11.8 Å². The van der Waals surface area contributed by atoms with Gasteiger partial charge in [-0.15, -0.1) is 0 Å². The van der Waals surface area contributed by atoms with Crippen LogP contribution in [0.25, 0.3) is 0 Å². The fraction of sp³-hybridized carbons (Fsp3) is 0.654. The zero-order chi connectivity index (χ0) is 26.4. The summed E-state index contributed by atoms with van der Waals surface area (Å²) in [6.45, 7) is 17.9. The number of nitrogens with zero attached hydrogens (tertiary/aromatic N) is 1. The Hall–Kier alpha value is -2.61. The van der Waals surface area contributed by atoms with Gasteiger partial charge < -0.3 is 25.4 Å². The molecule has 1 aromatic rings. The molecule has 192 valence electrons. The lowest BCUT2D eigenvalue weighted by atomic mass is 9.96. The number of hydrogen-bond donors (Lipinski definition) is 3. The normalized spacial score (nSPS) is 13.8. The van der Waals surface area contributed by atoms with Crippen molar-refractivity contribution in [2.24, 2.45) is 5.92 Å². The highest BCUT2D eigenvalue weighted by molar-refractivity contribution is 5.92. The van der Waals surface area contributed by atoms with Crippen LogP contribution >= 0.6 is 0 Å². The van der Waals surface area contributed by atoms with Crippen LogP contribution < -0.4 is 10.6 Å². The first-order valence-electron chi connectivity index (χ1n) is 11.8. The second kappa shape index (κ2) is 11.7. The third-order valence-corrected chi connectivity index (χ3v) is 5.13. The maximum atomic E-state index is 13.8. The highest BCUT2D eigenvalue weighted by atomic mass is 16.6. The number of hydrogen-bond acceptors (Lipinski definition) is 5. The Bertz CT molecular complexity index is 868. The Labute approximate surface area is 204 Å². The minimum atomic E-state index is -0.986. The zero-order valence-corrected chi connectivity index (χ0v) is 22.4. The van der Waals surface area contributed by atoms with Gasteiger partial charge in [-0.2, -0.15) is 0 Å². The van der Waals surface area contributed by atoms with Gasteiger partial charge in [-0.05, 0) is 78.0 Å². The standard InChI is InChI=1S/C26H43N3O5/c1-16(2)20(27-24(33)34-26(8,9)10)23(32)29(13-14-30)21(22(31)28-25(5,6)7)19-12-11-17(3)18(4)15-19/h11-12,15-16,20-21,30H,13-14H2,1-10H3,(H,27,33)(H,28,31). The molecule has 0 aliphatic carbocycles. The molecule has 0 saturated carbocycles. The molecular formula is C26H43N3O5. The van der Waals surface area contributed by atoms with Crippen LogP contribution in [0.2, 0.25) is 0 Å².